The Kier molecular flexibility index (Phi) is 6.35. The Bertz CT molecular complexity index is 1170. The SMILES string of the molecule is CCCc1cc(N2C[C@@H]3NC(=O)c4ncccc4OCCn4cc(nn4)CO[C@H]3C2)nc(C)n1. The van der Waals surface area contributed by atoms with Crippen molar-refractivity contribution < 1.29 is 14.3 Å². The lowest BCUT2D eigenvalue weighted by Gasteiger charge is -2.20. The van der Waals surface area contributed by atoms with Gasteiger partial charge in [-0.25, -0.2) is 19.6 Å². The summed E-state index contributed by atoms with van der Waals surface area (Å²) in [7, 11) is 0. The third-order valence-corrected chi connectivity index (χ3v) is 5.89. The largest absolute Gasteiger partial charge is 0.489 e. The lowest BCUT2D eigenvalue weighted by atomic mass is 10.2. The number of amides is 1. The van der Waals surface area contributed by atoms with Crippen molar-refractivity contribution in [2.24, 2.45) is 0 Å². The van der Waals surface area contributed by atoms with Gasteiger partial charge in [0.05, 0.1) is 31.5 Å². The quantitative estimate of drug-likeness (QED) is 0.612. The highest BCUT2D eigenvalue weighted by atomic mass is 16.5. The summed E-state index contributed by atoms with van der Waals surface area (Å²) in [5, 5.41) is 11.5. The van der Waals surface area contributed by atoms with Crippen LogP contribution in [0, 0.1) is 6.92 Å². The maximum atomic E-state index is 13.2. The summed E-state index contributed by atoms with van der Waals surface area (Å²) in [6.07, 6.45) is 5.07. The maximum absolute atomic E-state index is 13.2. The first-order chi connectivity index (χ1) is 16.6. The number of carbonyl (C=O) groups excluding carboxylic acids is 1. The topological polar surface area (TPSA) is 120 Å². The maximum Gasteiger partial charge on any atom is 0.274 e. The second kappa shape index (κ2) is 9.72. The van der Waals surface area contributed by atoms with E-state index in [1.807, 2.05) is 19.2 Å². The monoisotopic (exact) mass is 464 g/mol. The molecular weight excluding hydrogens is 436 g/mol. The molecule has 0 aromatic carbocycles. The number of aromatic nitrogens is 6. The van der Waals surface area contributed by atoms with Crippen LogP contribution in [0.3, 0.4) is 0 Å². The van der Waals surface area contributed by atoms with E-state index in [2.05, 4.69) is 42.4 Å². The molecule has 34 heavy (non-hydrogen) atoms. The van der Waals surface area contributed by atoms with Crippen molar-refractivity contribution in [3.8, 4) is 5.75 Å². The van der Waals surface area contributed by atoms with Gasteiger partial charge in [-0.1, -0.05) is 18.6 Å². The second-order valence-corrected chi connectivity index (χ2v) is 8.52. The first-order valence-electron chi connectivity index (χ1n) is 11.6. The molecule has 0 saturated carbocycles. The van der Waals surface area contributed by atoms with Crippen molar-refractivity contribution >= 4 is 11.7 Å². The molecule has 1 saturated heterocycles. The number of pyridine rings is 1. The van der Waals surface area contributed by atoms with Crippen molar-refractivity contribution in [2.45, 2.75) is 52.0 Å². The number of hydrogen-bond acceptors (Lipinski definition) is 9. The Morgan fingerprint density at radius 2 is 2.18 bits per heavy atom. The molecular formula is C23H28N8O3. The van der Waals surface area contributed by atoms with Crippen molar-refractivity contribution in [3.05, 3.63) is 53.5 Å². The number of aryl methyl sites for hydroxylation is 2. The van der Waals surface area contributed by atoms with E-state index in [0.717, 1.165) is 35.9 Å². The average molecular weight is 465 g/mol. The molecule has 0 aliphatic carbocycles. The molecule has 1 fully saturated rings. The molecule has 1 amide bonds. The van der Waals surface area contributed by atoms with E-state index < -0.39 is 0 Å². The summed E-state index contributed by atoms with van der Waals surface area (Å²) in [5.41, 5.74) is 1.99. The summed E-state index contributed by atoms with van der Waals surface area (Å²) in [5.74, 6) is 1.71. The van der Waals surface area contributed by atoms with Gasteiger partial charge in [-0.3, -0.25) is 4.79 Å². The van der Waals surface area contributed by atoms with Gasteiger partial charge in [0.15, 0.2) is 11.4 Å². The molecule has 0 radical (unpaired) electrons. The number of carbonyl (C=O) groups is 1. The summed E-state index contributed by atoms with van der Waals surface area (Å²) in [4.78, 5) is 28.8. The van der Waals surface area contributed by atoms with Gasteiger partial charge in [0, 0.05) is 31.0 Å². The Balaban J connectivity index is 1.43. The number of ether oxygens (including phenoxy) is 2. The minimum atomic E-state index is -0.296. The number of fused-ring (bicyclic) bond motifs is 4. The molecule has 0 spiro atoms. The molecule has 2 atom stereocenters. The number of anilines is 1. The molecule has 5 rings (SSSR count). The van der Waals surface area contributed by atoms with Crippen LogP contribution in [-0.2, 0) is 24.3 Å². The molecule has 178 valence electrons. The summed E-state index contributed by atoms with van der Waals surface area (Å²) < 4.78 is 13.8. The highest BCUT2D eigenvalue weighted by molar-refractivity contribution is 5.95. The molecule has 0 unspecified atom stereocenters. The Morgan fingerprint density at radius 3 is 3.06 bits per heavy atom. The minimum Gasteiger partial charge on any atom is -0.489 e. The number of hydrogen-bond donors (Lipinski definition) is 1. The number of nitrogens with zero attached hydrogens (tertiary/aromatic N) is 7. The van der Waals surface area contributed by atoms with E-state index in [1.54, 1.807) is 23.0 Å². The molecule has 11 heteroatoms. The fourth-order valence-electron chi connectivity index (χ4n) is 4.30. The average Bonchev–Trinajstić information content (AvgIpc) is 3.44. The van der Waals surface area contributed by atoms with E-state index in [-0.39, 0.29) is 23.7 Å². The fraction of sp³-hybridized carbons (Fsp3) is 0.478. The van der Waals surface area contributed by atoms with E-state index in [0.29, 0.717) is 38.6 Å². The van der Waals surface area contributed by atoms with Crippen LogP contribution >= 0.6 is 0 Å². The standard InChI is InChI=1S/C23H28N8O3/c1-3-5-16-10-21(26-15(2)25-16)30-12-18-20(13-30)34-14-17-11-31(29-28-17)8-9-33-19-6-4-7-24-22(19)23(32)27-18/h4,6-7,10-11,18,20H,3,5,8-9,12-14H2,1-2H3,(H,27,32)/t18-,20-/m0/s1. The van der Waals surface area contributed by atoms with E-state index >= 15 is 0 Å². The van der Waals surface area contributed by atoms with Crippen molar-refractivity contribution in [1.29, 1.82) is 0 Å². The fourth-order valence-corrected chi connectivity index (χ4v) is 4.30. The van der Waals surface area contributed by atoms with Gasteiger partial charge in [0.2, 0.25) is 0 Å². The molecule has 3 aromatic heterocycles. The molecule has 2 aliphatic rings. The first kappa shape index (κ1) is 22.2. The van der Waals surface area contributed by atoms with Crippen molar-refractivity contribution in [2.75, 3.05) is 24.6 Å². The molecule has 5 heterocycles. The van der Waals surface area contributed by atoms with Crippen molar-refractivity contribution in [3.63, 3.8) is 0 Å². The van der Waals surface area contributed by atoms with Gasteiger partial charge in [0.25, 0.3) is 5.91 Å². The zero-order valence-electron chi connectivity index (χ0n) is 19.3. The highest BCUT2D eigenvalue weighted by Gasteiger charge is 2.36. The predicted molar refractivity (Wildman–Crippen MR) is 123 cm³/mol. The van der Waals surface area contributed by atoms with Gasteiger partial charge < -0.3 is 19.7 Å². The van der Waals surface area contributed by atoms with Gasteiger partial charge in [-0.05, 0) is 25.5 Å². The van der Waals surface area contributed by atoms with Crippen LogP contribution in [0.15, 0.2) is 30.6 Å². The minimum absolute atomic E-state index is 0.249. The van der Waals surface area contributed by atoms with Gasteiger partial charge in [-0.15, -0.1) is 5.10 Å². The third kappa shape index (κ3) is 4.84. The van der Waals surface area contributed by atoms with Crippen LogP contribution in [0.1, 0.15) is 41.0 Å². The lowest BCUT2D eigenvalue weighted by molar-refractivity contribution is 0.0345. The van der Waals surface area contributed by atoms with E-state index in [1.165, 1.54) is 0 Å². The second-order valence-electron chi connectivity index (χ2n) is 8.52. The number of nitrogens with one attached hydrogen (secondary N) is 1. The van der Waals surface area contributed by atoms with E-state index in [9.17, 15) is 4.79 Å². The summed E-state index contributed by atoms with van der Waals surface area (Å²) in [6, 6.07) is 5.24. The number of rotatable bonds is 3. The zero-order valence-corrected chi connectivity index (χ0v) is 19.3. The van der Waals surface area contributed by atoms with Crippen LogP contribution in [0.2, 0.25) is 0 Å². The third-order valence-electron chi connectivity index (χ3n) is 5.89. The zero-order chi connectivity index (χ0) is 23.5. The smallest absolute Gasteiger partial charge is 0.274 e. The van der Waals surface area contributed by atoms with E-state index in [4.69, 9.17) is 9.47 Å². The first-order valence-corrected chi connectivity index (χ1v) is 11.6. The van der Waals surface area contributed by atoms with Crippen LogP contribution < -0.4 is 15.0 Å². The summed E-state index contributed by atoms with van der Waals surface area (Å²) in [6.45, 7) is 6.29. The Labute approximate surface area is 197 Å². The lowest BCUT2D eigenvalue weighted by Crippen LogP contribution is -2.44. The molecule has 3 aromatic rings. The molecule has 11 nitrogen and oxygen atoms in total. The van der Waals surface area contributed by atoms with Crippen molar-refractivity contribution in [1.82, 2.24) is 35.3 Å². The highest BCUT2D eigenvalue weighted by Crippen LogP contribution is 2.24. The molecule has 1 N–H and O–H groups in total. The van der Waals surface area contributed by atoms with Crippen LogP contribution in [0.4, 0.5) is 5.82 Å². The van der Waals surface area contributed by atoms with Crippen LogP contribution in [0.5, 0.6) is 5.75 Å². The Morgan fingerprint density at radius 1 is 1.26 bits per heavy atom. The van der Waals surface area contributed by atoms with Gasteiger partial charge in [-0.2, -0.15) is 0 Å². The van der Waals surface area contributed by atoms with Gasteiger partial charge in [0.1, 0.15) is 23.9 Å². The molecule has 2 aliphatic heterocycles. The molecule has 2 bridgehead atoms. The predicted octanol–water partition coefficient (Wildman–Crippen LogP) is 1.32. The van der Waals surface area contributed by atoms with Gasteiger partial charge >= 0.3 is 0 Å². The van der Waals surface area contributed by atoms with Crippen LogP contribution in [0.25, 0.3) is 0 Å². The Hall–Kier alpha value is -3.60. The summed E-state index contributed by atoms with van der Waals surface area (Å²) >= 11 is 0. The van der Waals surface area contributed by atoms with Crippen LogP contribution in [-0.4, -0.2) is 67.7 Å². The normalized spacial score (nSPS) is 20.6.